The maximum absolute atomic E-state index is 14.1. The summed E-state index contributed by atoms with van der Waals surface area (Å²) in [6, 6.07) is 0. The second-order valence-corrected chi connectivity index (χ2v) is 17.0. The maximum atomic E-state index is 14.1. The molecule has 0 radical (unpaired) electrons. The summed E-state index contributed by atoms with van der Waals surface area (Å²) in [7, 11) is 0. The second kappa shape index (κ2) is 12.3. The van der Waals surface area contributed by atoms with Crippen LogP contribution in [0.3, 0.4) is 0 Å². The highest BCUT2D eigenvalue weighted by atomic mass is 16.5. The molecule has 0 spiro atoms. The molecule has 2 aliphatic heterocycles. The minimum atomic E-state index is -1.19. The van der Waals surface area contributed by atoms with E-state index in [2.05, 4.69) is 37.1 Å². The Hall–Kier alpha value is -1.77. The molecule has 7 rings (SSSR count). The van der Waals surface area contributed by atoms with Crippen LogP contribution in [0.15, 0.2) is 11.6 Å². The molecule has 4 saturated carbocycles. The molecule has 8 nitrogen and oxygen atoms in total. The molecule has 0 aromatic heterocycles. The van der Waals surface area contributed by atoms with Crippen molar-refractivity contribution in [3.8, 4) is 0 Å². The smallest absolute Gasteiger partial charge is 0.315 e. The number of carbonyl (C=O) groups is 3. The van der Waals surface area contributed by atoms with Gasteiger partial charge in [-0.15, -0.1) is 0 Å². The van der Waals surface area contributed by atoms with Gasteiger partial charge < -0.3 is 30.0 Å². The van der Waals surface area contributed by atoms with Crippen molar-refractivity contribution >= 4 is 18.2 Å². The number of carboxylic acids is 2. The number of aliphatic carboxylic acids is 2. The molecule has 4 unspecified atom stereocenters. The zero-order valence-electron chi connectivity index (χ0n) is 28.4. The van der Waals surface area contributed by atoms with Crippen LogP contribution in [-0.4, -0.2) is 78.3 Å². The Balaban J connectivity index is 1.18. The van der Waals surface area contributed by atoms with Gasteiger partial charge in [0.2, 0.25) is 0 Å². The SMILES string of the molecule is CC(C)C1=CC2CC3(C=O)[C@@H]4CC[C@@H](C)[C@H]4CC2([C@H]2C[C@@H](C4CCCCC4)[C@H](CNCCN4CCCC(C(=O)O)C4)O2)[C@]13C(=O)O. The van der Waals surface area contributed by atoms with Crippen molar-refractivity contribution in [2.45, 2.75) is 110 Å². The van der Waals surface area contributed by atoms with E-state index < -0.39 is 28.2 Å². The minimum absolute atomic E-state index is 0.0216. The molecule has 2 saturated heterocycles. The summed E-state index contributed by atoms with van der Waals surface area (Å²) < 4.78 is 7.32. The summed E-state index contributed by atoms with van der Waals surface area (Å²) in [5.41, 5.74) is -1.62. The van der Waals surface area contributed by atoms with Gasteiger partial charge in [0.25, 0.3) is 0 Å². The summed E-state index contributed by atoms with van der Waals surface area (Å²) in [4.78, 5) is 41.5. The number of carboxylic acid groups (broad SMARTS) is 2. The molecule has 5 aliphatic carbocycles. The van der Waals surface area contributed by atoms with Gasteiger partial charge in [0, 0.05) is 31.6 Å². The molecule has 6 fully saturated rings. The summed E-state index contributed by atoms with van der Waals surface area (Å²) >= 11 is 0. The minimum Gasteiger partial charge on any atom is -0.481 e. The number of nitrogens with one attached hydrogen (secondary N) is 1. The van der Waals surface area contributed by atoms with Crippen LogP contribution in [0.5, 0.6) is 0 Å². The van der Waals surface area contributed by atoms with Gasteiger partial charge in [-0.3, -0.25) is 9.59 Å². The van der Waals surface area contributed by atoms with Gasteiger partial charge >= 0.3 is 11.9 Å². The Morgan fingerprint density at radius 3 is 2.54 bits per heavy atom. The first-order chi connectivity index (χ1) is 22.1. The predicted octanol–water partition coefficient (Wildman–Crippen LogP) is 5.65. The van der Waals surface area contributed by atoms with Crippen molar-refractivity contribution < 1.29 is 29.3 Å². The fraction of sp³-hybridized carbons (Fsp3) is 0.868. The van der Waals surface area contributed by atoms with E-state index in [1.165, 1.54) is 32.1 Å². The summed E-state index contributed by atoms with van der Waals surface area (Å²) in [5.74, 6) is 0.380. The van der Waals surface area contributed by atoms with E-state index in [1.54, 1.807) is 0 Å². The largest absolute Gasteiger partial charge is 0.481 e. The number of allylic oxidation sites excluding steroid dienone is 1. The van der Waals surface area contributed by atoms with E-state index >= 15 is 0 Å². The number of hydrogen-bond acceptors (Lipinski definition) is 6. The maximum Gasteiger partial charge on any atom is 0.315 e. The molecule has 46 heavy (non-hydrogen) atoms. The number of carbonyl (C=O) groups excluding carboxylic acids is 1. The van der Waals surface area contributed by atoms with Gasteiger partial charge in [-0.25, -0.2) is 0 Å². The van der Waals surface area contributed by atoms with Gasteiger partial charge in [-0.2, -0.15) is 0 Å². The second-order valence-electron chi connectivity index (χ2n) is 17.0. The third kappa shape index (κ3) is 4.58. The average Bonchev–Trinajstić information content (AvgIpc) is 3.77. The van der Waals surface area contributed by atoms with E-state index in [4.69, 9.17) is 4.74 Å². The van der Waals surface area contributed by atoms with Crippen molar-refractivity contribution in [3.63, 3.8) is 0 Å². The highest BCUT2D eigenvalue weighted by Crippen LogP contribution is 2.84. The third-order valence-electron chi connectivity index (χ3n) is 14.9. The molecule has 8 heteroatoms. The lowest BCUT2D eigenvalue weighted by Gasteiger charge is -2.60. The van der Waals surface area contributed by atoms with Crippen LogP contribution in [0.2, 0.25) is 0 Å². The molecule has 4 bridgehead atoms. The zero-order valence-corrected chi connectivity index (χ0v) is 28.4. The van der Waals surface area contributed by atoms with E-state index in [9.17, 15) is 24.6 Å². The van der Waals surface area contributed by atoms with Gasteiger partial charge in [-0.05, 0) is 86.5 Å². The van der Waals surface area contributed by atoms with Crippen molar-refractivity contribution in [2.75, 3.05) is 32.7 Å². The lowest BCUT2D eigenvalue weighted by atomic mass is 9.41. The van der Waals surface area contributed by atoms with Crippen LogP contribution >= 0.6 is 0 Å². The number of ether oxygens (including phenoxy) is 1. The standard InChI is InChI=1S/C38H58N2O6/c1-23(2)31-16-27-18-36(22-41)30-12-11-24(3)29(30)19-37(27,38(31,36)35(44)45)33-17-28(25-8-5-4-6-9-25)32(46-33)20-39-13-15-40-14-7-10-26(21-40)34(42)43/h16,22-30,32-33,39H,4-15,17-21H2,1-3H3,(H,42,43)(H,44,45)/t24-,26?,27?,28+,29-,30-,32+,33-,36?,37?,38+/m1/s1. The normalized spacial score (nSPS) is 45.6. The molecule has 7 aliphatic rings. The molecule has 0 amide bonds. The fourth-order valence-electron chi connectivity index (χ4n) is 13.2. The first-order valence-corrected chi connectivity index (χ1v) is 18.8. The molecule has 0 aromatic carbocycles. The van der Waals surface area contributed by atoms with E-state index in [0.717, 1.165) is 76.6 Å². The lowest BCUT2D eigenvalue weighted by Crippen LogP contribution is -2.65. The first-order valence-electron chi connectivity index (χ1n) is 18.8. The summed E-state index contributed by atoms with van der Waals surface area (Å²) in [6.45, 7) is 10.5. The number of hydrogen-bond donors (Lipinski definition) is 3. The Labute approximate surface area is 275 Å². The number of nitrogens with zero attached hydrogens (tertiary/aromatic N) is 1. The van der Waals surface area contributed by atoms with Crippen LogP contribution < -0.4 is 5.32 Å². The monoisotopic (exact) mass is 638 g/mol. The van der Waals surface area contributed by atoms with Crippen molar-refractivity contribution in [1.82, 2.24) is 10.2 Å². The van der Waals surface area contributed by atoms with Crippen LogP contribution in [-0.2, 0) is 19.1 Å². The summed E-state index contributed by atoms with van der Waals surface area (Å²) in [6.07, 6.45) is 15.7. The number of fused-ring (bicyclic) bond motifs is 2. The molecular weight excluding hydrogens is 580 g/mol. The fourth-order valence-corrected chi connectivity index (χ4v) is 13.2. The number of aldehydes is 1. The van der Waals surface area contributed by atoms with Gasteiger partial charge in [0.1, 0.15) is 11.7 Å². The number of likely N-dealkylation sites (tertiary alicyclic amines) is 1. The van der Waals surface area contributed by atoms with Gasteiger partial charge in [-0.1, -0.05) is 70.9 Å². The average molecular weight is 639 g/mol. The summed E-state index contributed by atoms with van der Waals surface area (Å²) in [5, 5.41) is 24.8. The van der Waals surface area contributed by atoms with Crippen molar-refractivity contribution in [2.24, 2.45) is 63.6 Å². The van der Waals surface area contributed by atoms with Crippen LogP contribution in [0, 0.1) is 63.6 Å². The predicted molar refractivity (Wildman–Crippen MR) is 175 cm³/mol. The number of rotatable bonds is 11. The molecule has 11 atom stereocenters. The molecule has 256 valence electrons. The molecule has 3 N–H and O–H groups in total. The molecule has 2 heterocycles. The Bertz CT molecular complexity index is 1230. The van der Waals surface area contributed by atoms with Crippen molar-refractivity contribution in [3.05, 3.63) is 11.6 Å². The third-order valence-corrected chi connectivity index (χ3v) is 14.9. The topological polar surface area (TPSA) is 116 Å². The highest BCUT2D eigenvalue weighted by molar-refractivity contribution is 5.90. The molecular formula is C38H58N2O6. The number of piperidine rings is 1. The quantitative estimate of drug-likeness (QED) is 0.151. The lowest BCUT2D eigenvalue weighted by molar-refractivity contribution is -0.197. The van der Waals surface area contributed by atoms with Gasteiger partial charge in [0.15, 0.2) is 0 Å². The Kier molecular flexibility index (Phi) is 8.75. The first kappa shape index (κ1) is 32.8. The van der Waals surface area contributed by atoms with Crippen LogP contribution in [0.1, 0.15) is 97.8 Å². The van der Waals surface area contributed by atoms with Crippen molar-refractivity contribution in [1.29, 1.82) is 0 Å². The van der Waals surface area contributed by atoms with E-state index in [1.807, 2.05) is 0 Å². The Morgan fingerprint density at radius 2 is 1.85 bits per heavy atom. The molecule has 0 aromatic rings. The van der Waals surface area contributed by atoms with Crippen LogP contribution in [0.4, 0.5) is 0 Å². The zero-order chi connectivity index (χ0) is 32.4. The van der Waals surface area contributed by atoms with E-state index in [0.29, 0.717) is 36.6 Å². The van der Waals surface area contributed by atoms with E-state index in [-0.39, 0.29) is 35.9 Å². The van der Waals surface area contributed by atoms with Gasteiger partial charge in [0.05, 0.1) is 23.5 Å². The Morgan fingerprint density at radius 1 is 1.07 bits per heavy atom. The van der Waals surface area contributed by atoms with Crippen LogP contribution in [0.25, 0.3) is 0 Å². The highest BCUT2D eigenvalue weighted by Gasteiger charge is 2.86.